The van der Waals surface area contributed by atoms with Crippen molar-refractivity contribution in [3.05, 3.63) is 24.3 Å². The molecule has 0 saturated carbocycles. The monoisotopic (exact) mass is 273 g/mol. The van der Waals surface area contributed by atoms with E-state index in [4.69, 9.17) is 14.7 Å². The van der Waals surface area contributed by atoms with E-state index in [1.165, 1.54) is 24.3 Å². The summed E-state index contributed by atoms with van der Waals surface area (Å²) < 4.78 is 33.8. The van der Waals surface area contributed by atoms with Crippen LogP contribution in [-0.4, -0.2) is 27.7 Å². The average Bonchev–Trinajstić information content (AvgIpc) is 2.29. The van der Waals surface area contributed by atoms with Crippen molar-refractivity contribution in [3.63, 3.8) is 0 Å². The topological polar surface area (TPSA) is 78.6 Å². The summed E-state index contributed by atoms with van der Waals surface area (Å²) in [6.45, 7) is 3.81. The van der Waals surface area contributed by atoms with Crippen LogP contribution < -0.4 is 5.73 Å². The molecule has 0 bridgehead atoms. The van der Waals surface area contributed by atoms with Gasteiger partial charge in [0.05, 0.1) is 17.1 Å². The van der Waals surface area contributed by atoms with Crippen LogP contribution in [0.1, 0.15) is 20.3 Å². The van der Waals surface area contributed by atoms with Crippen molar-refractivity contribution >= 4 is 15.8 Å². The summed E-state index contributed by atoms with van der Waals surface area (Å²) in [7, 11) is -2.14. The van der Waals surface area contributed by atoms with Crippen LogP contribution in [0.15, 0.2) is 29.2 Å². The van der Waals surface area contributed by atoms with Crippen LogP contribution in [0.5, 0.6) is 0 Å². The second-order valence-electron chi connectivity index (χ2n) is 4.56. The molecule has 2 N–H and O–H groups in total. The summed E-state index contributed by atoms with van der Waals surface area (Å²) in [4.78, 5) is 0.104. The maximum absolute atomic E-state index is 11.8. The third kappa shape index (κ3) is 4.29. The number of rotatable bonds is 6. The molecule has 0 atom stereocenters. The second-order valence-corrected chi connectivity index (χ2v) is 6.17. The van der Waals surface area contributed by atoms with Crippen molar-refractivity contribution in [2.24, 2.45) is 0 Å². The van der Waals surface area contributed by atoms with Gasteiger partial charge in [-0.1, -0.05) is 0 Å². The minimum atomic E-state index is -3.72. The van der Waals surface area contributed by atoms with Crippen LogP contribution in [0, 0.1) is 0 Å². The summed E-state index contributed by atoms with van der Waals surface area (Å²) in [5.41, 5.74) is 5.60. The van der Waals surface area contributed by atoms with Crippen LogP contribution in [0.4, 0.5) is 5.69 Å². The lowest BCUT2D eigenvalue weighted by molar-refractivity contribution is 0.00610. The number of ether oxygens (including phenoxy) is 1. The first-order valence-corrected chi connectivity index (χ1v) is 6.98. The molecule has 1 aromatic carbocycles. The van der Waals surface area contributed by atoms with Crippen LogP contribution in [0.3, 0.4) is 0 Å². The van der Waals surface area contributed by atoms with E-state index in [0.29, 0.717) is 12.1 Å². The number of benzene rings is 1. The lowest BCUT2D eigenvalue weighted by atomic mass is 10.1. The van der Waals surface area contributed by atoms with E-state index in [1.54, 1.807) is 7.11 Å². The Morgan fingerprint density at radius 1 is 1.22 bits per heavy atom. The van der Waals surface area contributed by atoms with Gasteiger partial charge < -0.3 is 10.5 Å². The number of nitrogens with two attached hydrogens (primary N) is 1. The highest BCUT2D eigenvalue weighted by Gasteiger charge is 2.20. The van der Waals surface area contributed by atoms with E-state index in [0.717, 1.165) is 0 Å². The molecule has 18 heavy (non-hydrogen) atoms. The van der Waals surface area contributed by atoms with Gasteiger partial charge >= 0.3 is 0 Å². The Kier molecular flexibility index (Phi) is 4.72. The van der Waals surface area contributed by atoms with E-state index in [9.17, 15) is 8.42 Å². The van der Waals surface area contributed by atoms with Gasteiger partial charge in [-0.25, -0.2) is 0 Å². The highest BCUT2D eigenvalue weighted by atomic mass is 32.2. The smallest absolute Gasteiger partial charge is 0.296 e. The molecule has 0 aliphatic heterocycles. The van der Waals surface area contributed by atoms with Crippen molar-refractivity contribution in [1.29, 1.82) is 0 Å². The van der Waals surface area contributed by atoms with Crippen molar-refractivity contribution in [2.75, 3.05) is 19.5 Å². The molecular weight excluding hydrogens is 254 g/mol. The third-order valence-corrected chi connectivity index (χ3v) is 3.99. The van der Waals surface area contributed by atoms with E-state index in [1.807, 2.05) is 13.8 Å². The highest BCUT2D eigenvalue weighted by molar-refractivity contribution is 7.86. The van der Waals surface area contributed by atoms with Crippen molar-refractivity contribution in [3.8, 4) is 0 Å². The Morgan fingerprint density at radius 2 is 1.78 bits per heavy atom. The van der Waals surface area contributed by atoms with Gasteiger partial charge in [0.25, 0.3) is 10.1 Å². The van der Waals surface area contributed by atoms with Crippen LogP contribution in [0.25, 0.3) is 0 Å². The van der Waals surface area contributed by atoms with Gasteiger partial charge in [-0.3, -0.25) is 4.18 Å². The number of hydrogen-bond donors (Lipinski definition) is 1. The molecule has 5 nitrogen and oxygen atoms in total. The molecule has 102 valence electrons. The minimum absolute atomic E-state index is 0.0769. The third-order valence-electron chi connectivity index (χ3n) is 2.66. The van der Waals surface area contributed by atoms with Crippen LogP contribution in [-0.2, 0) is 19.0 Å². The maximum Gasteiger partial charge on any atom is 0.296 e. The zero-order valence-corrected chi connectivity index (χ0v) is 11.7. The minimum Gasteiger partial charge on any atom is -0.399 e. The summed E-state index contributed by atoms with van der Waals surface area (Å²) in [6.07, 6.45) is 0.484. The Morgan fingerprint density at radius 3 is 2.28 bits per heavy atom. The fourth-order valence-corrected chi connectivity index (χ4v) is 2.11. The molecule has 0 aromatic heterocycles. The first-order valence-electron chi connectivity index (χ1n) is 5.57. The molecule has 0 radical (unpaired) electrons. The van der Waals surface area contributed by atoms with Gasteiger partial charge in [-0.2, -0.15) is 8.42 Å². The molecular formula is C12H19NO4S. The number of nitrogen functional groups attached to an aromatic ring is 1. The molecule has 0 heterocycles. The van der Waals surface area contributed by atoms with Crippen molar-refractivity contribution < 1.29 is 17.3 Å². The number of methoxy groups -OCH3 is 1. The summed E-state index contributed by atoms with van der Waals surface area (Å²) in [5, 5.41) is 0. The quantitative estimate of drug-likeness (QED) is 0.631. The van der Waals surface area contributed by atoms with Gasteiger partial charge in [0, 0.05) is 19.2 Å². The fraction of sp³-hybridized carbons (Fsp3) is 0.500. The molecule has 1 rings (SSSR count). The van der Waals surface area contributed by atoms with E-state index in [-0.39, 0.29) is 11.5 Å². The van der Waals surface area contributed by atoms with Gasteiger partial charge in [0.2, 0.25) is 0 Å². The Hall–Kier alpha value is -1.11. The number of hydrogen-bond acceptors (Lipinski definition) is 5. The number of anilines is 1. The van der Waals surface area contributed by atoms with Gasteiger partial charge in [-0.05, 0) is 38.1 Å². The van der Waals surface area contributed by atoms with Gasteiger partial charge in [0.15, 0.2) is 0 Å². The second kappa shape index (κ2) is 5.69. The van der Waals surface area contributed by atoms with E-state index >= 15 is 0 Å². The molecule has 0 aliphatic carbocycles. The summed E-state index contributed by atoms with van der Waals surface area (Å²) >= 11 is 0. The summed E-state index contributed by atoms with van der Waals surface area (Å²) in [5.74, 6) is 0. The Balaban J connectivity index is 2.63. The molecule has 0 saturated heterocycles. The van der Waals surface area contributed by atoms with E-state index in [2.05, 4.69) is 0 Å². The van der Waals surface area contributed by atoms with Crippen LogP contribution >= 0.6 is 0 Å². The standard InChI is InChI=1S/C12H19NO4S/c1-12(2,16-3)8-9-17-18(14,15)11-6-4-10(13)5-7-11/h4-7H,8-9,13H2,1-3H3. The molecule has 6 heteroatoms. The predicted molar refractivity (Wildman–Crippen MR) is 69.7 cm³/mol. The lowest BCUT2D eigenvalue weighted by Crippen LogP contribution is -2.25. The molecule has 0 unspecified atom stereocenters. The first-order chi connectivity index (χ1) is 8.27. The molecule has 0 fully saturated rings. The van der Waals surface area contributed by atoms with Crippen molar-refractivity contribution in [2.45, 2.75) is 30.8 Å². The van der Waals surface area contributed by atoms with Crippen LogP contribution in [0.2, 0.25) is 0 Å². The largest absolute Gasteiger partial charge is 0.399 e. The zero-order valence-electron chi connectivity index (χ0n) is 10.8. The molecule has 1 aromatic rings. The Bertz CT molecular complexity index is 479. The van der Waals surface area contributed by atoms with Crippen molar-refractivity contribution in [1.82, 2.24) is 0 Å². The lowest BCUT2D eigenvalue weighted by Gasteiger charge is -2.22. The highest BCUT2D eigenvalue weighted by Crippen LogP contribution is 2.17. The zero-order chi connectivity index (χ0) is 13.8. The Labute approximate surface area is 108 Å². The predicted octanol–water partition coefficient (Wildman–Crippen LogP) is 1.79. The SMILES string of the molecule is COC(C)(C)CCOS(=O)(=O)c1ccc(N)cc1. The van der Waals surface area contributed by atoms with Gasteiger partial charge in [0.1, 0.15) is 0 Å². The molecule has 0 amide bonds. The molecule has 0 aliphatic rings. The van der Waals surface area contributed by atoms with Gasteiger partial charge in [-0.15, -0.1) is 0 Å². The fourth-order valence-electron chi connectivity index (χ4n) is 1.20. The molecule has 0 spiro atoms. The average molecular weight is 273 g/mol. The van der Waals surface area contributed by atoms with E-state index < -0.39 is 15.7 Å². The summed E-state index contributed by atoms with van der Waals surface area (Å²) in [6, 6.07) is 5.89. The maximum atomic E-state index is 11.8. The normalized spacial score (nSPS) is 12.6. The first kappa shape index (κ1) is 14.9.